The molecule has 0 rings (SSSR count). The first-order chi connectivity index (χ1) is 17.7. The van der Waals surface area contributed by atoms with Gasteiger partial charge in [0.15, 0.2) is 0 Å². The Balaban J connectivity index is 5.26. The van der Waals surface area contributed by atoms with E-state index in [9.17, 15) is 24.6 Å². The second-order valence-electron chi connectivity index (χ2n) is 8.33. The molecule has 0 aromatic carbocycles. The van der Waals surface area contributed by atoms with Crippen molar-refractivity contribution in [2.45, 2.75) is 65.4 Å². The number of rotatable bonds is 15. The second kappa shape index (κ2) is 20.0. The first kappa shape index (κ1) is 32.7. The van der Waals surface area contributed by atoms with E-state index < -0.39 is 36.4 Å². The van der Waals surface area contributed by atoms with Crippen molar-refractivity contribution in [3.8, 4) is 71.5 Å². The number of hydrogen-bond acceptors (Lipinski definition) is 5. The summed E-state index contributed by atoms with van der Waals surface area (Å²) in [5, 5.41) is 20.5. The summed E-state index contributed by atoms with van der Waals surface area (Å²) in [6.07, 6.45) is 7.61. The van der Waals surface area contributed by atoms with Gasteiger partial charge in [0.05, 0.1) is 26.1 Å². The van der Waals surface area contributed by atoms with Gasteiger partial charge >= 0.3 is 11.9 Å². The minimum absolute atomic E-state index is 0.0807. The Bertz CT molecular complexity index is 1130. The molecular formula is C30H33NO6. The van der Waals surface area contributed by atoms with Crippen LogP contribution in [0.1, 0.15) is 59.3 Å². The van der Waals surface area contributed by atoms with Crippen LogP contribution in [0.4, 0.5) is 0 Å². The lowest BCUT2D eigenvalue weighted by Gasteiger charge is -2.40. The number of terminal acetylenes is 1. The Morgan fingerprint density at radius 3 is 1.86 bits per heavy atom. The molecule has 0 aliphatic heterocycles. The summed E-state index contributed by atoms with van der Waals surface area (Å²) < 4.78 is 6.01. The lowest BCUT2D eigenvalue weighted by Crippen LogP contribution is -2.55. The molecule has 0 aliphatic rings. The van der Waals surface area contributed by atoms with Crippen molar-refractivity contribution in [2.24, 2.45) is 5.92 Å². The normalized spacial score (nSPS) is 10.9. The van der Waals surface area contributed by atoms with Gasteiger partial charge in [-0.1, -0.05) is 32.6 Å². The number of quaternary nitrogens is 1. The molecular weight excluding hydrogens is 470 g/mol. The van der Waals surface area contributed by atoms with Crippen molar-refractivity contribution in [1.29, 1.82) is 0 Å². The summed E-state index contributed by atoms with van der Waals surface area (Å²) in [5.74, 6) is 21.7. The van der Waals surface area contributed by atoms with Crippen LogP contribution >= 0.6 is 0 Å². The molecule has 0 fully saturated rings. The van der Waals surface area contributed by atoms with Crippen molar-refractivity contribution < 1.29 is 33.8 Å². The maximum Gasteiger partial charge on any atom is 0.319 e. The Hall–Kier alpha value is -4.27. The van der Waals surface area contributed by atoms with E-state index in [1.165, 1.54) is 0 Å². The number of ether oxygens (including phenoxy) is 1. The minimum atomic E-state index is -1.29. The first-order valence-electron chi connectivity index (χ1n) is 12.1. The third-order valence-corrected chi connectivity index (χ3v) is 5.23. The molecule has 37 heavy (non-hydrogen) atoms. The van der Waals surface area contributed by atoms with Crippen LogP contribution in [0.3, 0.4) is 0 Å². The largest absolute Gasteiger partial charge is 0.550 e. The van der Waals surface area contributed by atoms with Gasteiger partial charge in [0.1, 0.15) is 18.6 Å². The number of nitrogens with zero attached hydrogens (tertiary/aromatic N) is 1. The highest BCUT2D eigenvalue weighted by molar-refractivity contribution is 5.81. The average molecular weight is 504 g/mol. The Morgan fingerprint density at radius 2 is 1.41 bits per heavy atom. The van der Waals surface area contributed by atoms with E-state index in [1.54, 1.807) is 6.92 Å². The average Bonchev–Trinajstić information content (AvgIpc) is 2.84. The molecule has 7 heteroatoms. The number of carboxylic acid groups (broad SMARTS) is 2. The fraction of sp³-hybridized carbons (Fsp3) is 0.500. The second-order valence-corrected chi connectivity index (χ2v) is 8.33. The number of carbonyl (C=O) groups excluding carboxylic acids is 2. The van der Waals surface area contributed by atoms with Crippen LogP contribution in [0, 0.1) is 77.5 Å². The van der Waals surface area contributed by atoms with Gasteiger partial charge in [-0.2, -0.15) is 0 Å². The number of carbonyl (C=O) groups is 3. The van der Waals surface area contributed by atoms with Crippen LogP contribution in [0.2, 0.25) is 0 Å². The molecule has 2 unspecified atom stereocenters. The quantitative estimate of drug-likeness (QED) is 0.205. The molecule has 0 saturated carbocycles. The third kappa shape index (κ3) is 16.9. The summed E-state index contributed by atoms with van der Waals surface area (Å²) in [7, 11) is 0. The van der Waals surface area contributed by atoms with E-state index in [-0.39, 0.29) is 6.42 Å². The lowest BCUT2D eigenvalue weighted by atomic mass is 10.1. The summed E-state index contributed by atoms with van der Waals surface area (Å²) in [6, 6.07) is 0. The van der Waals surface area contributed by atoms with E-state index in [0.29, 0.717) is 17.6 Å². The molecule has 0 radical (unpaired) electrons. The molecule has 2 atom stereocenters. The fourth-order valence-electron chi connectivity index (χ4n) is 3.52. The Kier molecular flexibility index (Phi) is 17.7. The van der Waals surface area contributed by atoms with Crippen LogP contribution in [0.5, 0.6) is 0 Å². The molecule has 0 spiro atoms. The summed E-state index contributed by atoms with van der Waals surface area (Å²) in [6.45, 7) is 8.21. The Morgan fingerprint density at radius 1 is 0.892 bits per heavy atom. The van der Waals surface area contributed by atoms with Gasteiger partial charge in [-0.15, -0.1) is 6.42 Å². The summed E-state index contributed by atoms with van der Waals surface area (Å²) >= 11 is 0. The molecule has 7 nitrogen and oxygen atoms in total. The van der Waals surface area contributed by atoms with E-state index >= 15 is 0 Å². The predicted octanol–water partition coefficient (Wildman–Crippen LogP) is 1.22. The zero-order chi connectivity index (χ0) is 27.9. The smallest absolute Gasteiger partial charge is 0.319 e. The summed E-state index contributed by atoms with van der Waals surface area (Å²) in [4.78, 5) is 35.1. The molecule has 0 heterocycles. The van der Waals surface area contributed by atoms with Crippen molar-refractivity contribution in [1.82, 2.24) is 0 Å². The van der Waals surface area contributed by atoms with Crippen molar-refractivity contribution in [2.75, 3.05) is 26.2 Å². The predicted molar refractivity (Wildman–Crippen MR) is 138 cm³/mol. The van der Waals surface area contributed by atoms with Gasteiger partial charge in [-0.25, -0.2) is 0 Å². The van der Waals surface area contributed by atoms with Crippen LogP contribution in [-0.4, -0.2) is 59.8 Å². The summed E-state index contributed by atoms with van der Waals surface area (Å²) in [5.41, 5.74) is 0. The van der Waals surface area contributed by atoms with Crippen LogP contribution in [0.25, 0.3) is 0 Å². The molecule has 0 aliphatic carbocycles. The molecule has 0 aromatic heterocycles. The highest BCUT2D eigenvalue weighted by Crippen LogP contribution is 2.17. The SMILES string of the molecule is C#CC#CC#CC#CC#CC#CC(CC(=O)OC(C)C[N+](CCCC)(CCCC)CCC(=O)[O-])C(=O)O. The van der Waals surface area contributed by atoms with Crippen LogP contribution in [-0.2, 0) is 19.1 Å². The Labute approximate surface area is 220 Å². The van der Waals surface area contributed by atoms with Crippen molar-refractivity contribution in [3.63, 3.8) is 0 Å². The van der Waals surface area contributed by atoms with Gasteiger partial charge in [0, 0.05) is 12.4 Å². The van der Waals surface area contributed by atoms with E-state index in [2.05, 4.69) is 79.0 Å². The molecule has 0 aromatic rings. The maximum atomic E-state index is 12.5. The van der Waals surface area contributed by atoms with Crippen LogP contribution in [0.15, 0.2) is 0 Å². The topological polar surface area (TPSA) is 104 Å². The zero-order valence-corrected chi connectivity index (χ0v) is 21.7. The molecule has 0 bridgehead atoms. The molecule has 0 amide bonds. The van der Waals surface area contributed by atoms with Gasteiger partial charge < -0.3 is 24.2 Å². The monoisotopic (exact) mass is 503 g/mol. The maximum absolute atomic E-state index is 12.5. The standard InChI is InChI=1S/C30H33NO6/c1-5-8-11-12-13-14-15-16-17-18-19-27(30(35)36)24-29(34)37-26(4)25-31(21-9-6-2,22-10-7-3)23-20-28(32)33/h1,26-27H,6-7,9-10,20-25H2,2-4H3,(H-,32,33,35,36). The van der Waals surface area contributed by atoms with Crippen molar-refractivity contribution in [3.05, 3.63) is 0 Å². The number of esters is 1. The first-order valence-corrected chi connectivity index (χ1v) is 12.1. The molecule has 194 valence electrons. The zero-order valence-electron chi connectivity index (χ0n) is 21.7. The number of aliphatic carboxylic acids is 2. The van der Waals surface area contributed by atoms with Gasteiger partial charge in [-0.05, 0) is 79.0 Å². The third-order valence-electron chi connectivity index (χ3n) is 5.23. The van der Waals surface area contributed by atoms with E-state index in [4.69, 9.17) is 11.2 Å². The highest BCUT2D eigenvalue weighted by atomic mass is 16.5. The number of carboxylic acids is 2. The highest BCUT2D eigenvalue weighted by Gasteiger charge is 2.31. The van der Waals surface area contributed by atoms with Crippen LogP contribution < -0.4 is 5.11 Å². The minimum Gasteiger partial charge on any atom is -0.550 e. The molecule has 0 saturated heterocycles. The van der Waals surface area contributed by atoms with E-state index in [0.717, 1.165) is 38.8 Å². The van der Waals surface area contributed by atoms with Gasteiger partial charge in [-0.3, -0.25) is 9.59 Å². The van der Waals surface area contributed by atoms with Gasteiger partial charge in [0.2, 0.25) is 0 Å². The van der Waals surface area contributed by atoms with Gasteiger partial charge in [0.25, 0.3) is 0 Å². The number of unbranched alkanes of at least 4 members (excludes halogenated alkanes) is 2. The van der Waals surface area contributed by atoms with Crippen molar-refractivity contribution >= 4 is 17.9 Å². The number of hydrogen-bond donors (Lipinski definition) is 1. The lowest BCUT2D eigenvalue weighted by molar-refractivity contribution is -0.930. The molecule has 1 N–H and O–H groups in total. The fourth-order valence-corrected chi connectivity index (χ4v) is 3.52. The van der Waals surface area contributed by atoms with E-state index in [1.807, 2.05) is 0 Å².